The molecule has 1 aliphatic carbocycles. The number of nitrogens with one attached hydrogen (secondary N) is 2. The van der Waals surface area contributed by atoms with Crippen LogP contribution in [0.3, 0.4) is 0 Å². The Morgan fingerprint density at radius 1 is 1.36 bits per heavy atom. The molecule has 1 unspecified atom stereocenters. The zero-order valence-corrected chi connectivity index (χ0v) is 15.8. The van der Waals surface area contributed by atoms with E-state index < -0.39 is 5.91 Å². The number of halogens is 1. The van der Waals surface area contributed by atoms with Gasteiger partial charge in [0.2, 0.25) is 0 Å². The van der Waals surface area contributed by atoms with Crippen LogP contribution in [-0.2, 0) is 0 Å². The number of carbonyl (C=O) groups excluding carboxylic acids is 1. The molecule has 2 aromatic rings. The van der Waals surface area contributed by atoms with E-state index in [1.165, 1.54) is 6.33 Å². The summed E-state index contributed by atoms with van der Waals surface area (Å²) in [4.78, 5) is 20.4. The molecule has 2 aliphatic rings. The summed E-state index contributed by atoms with van der Waals surface area (Å²) in [6.45, 7) is 3.48. The molecule has 3 atom stereocenters. The number of benzene rings is 1. The number of allylic oxidation sites excluding steroid dienone is 4. The van der Waals surface area contributed by atoms with Crippen LogP contribution in [0.2, 0.25) is 0 Å². The monoisotopic (exact) mass is 381 g/mol. The van der Waals surface area contributed by atoms with Crippen molar-refractivity contribution in [3.8, 4) is 0 Å². The van der Waals surface area contributed by atoms with Gasteiger partial charge in [-0.3, -0.25) is 4.79 Å². The van der Waals surface area contributed by atoms with E-state index in [2.05, 4.69) is 26.7 Å². The first-order valence-corrected chi connectivity index (χ1v) is 9.59. The molecule has 4 N–H and O–H groups in total. The van der Waals surface area contributed by atoms with Crippen LogP contribution in [0.5, 0.6) is 0 Å². The van der Waals surface area contributed by atoms with Gasteiger partial charge in [-0.25, -0.2) is 14.4 Å². The Balaban J connectivity index is 1.63. The standard InChI is InChI=1S/C21H24FN5O/c1-12-5-6-13(9-17(12)22)14-7-8-24-10-18(14)27-21-16-4-2-3-15(20(23)28)19(16)25-11-26-21/h2-6,11,13-14,18,24H,7-10H2,1H3,(H2,23,28)(H,25,26,27)/t13?,14-,18+/m0/s1. The van der Waals surface area contributed by atoms with Crippen molar-refractivity contribution in [3.05, 3.63) is 53.6 Å². The van der Waals surface area contributed by atoms with Crippen molar-refractivity contribution >= 4 is 22.6 Å². The van der Waals surface area contributed by atoms with Gasteiger partial charge in [-0.05, 0) is 49.4 Å². The maximum absolute atomic E-state index is 14.2. The summed E-state index contributed by atoms with van der Waals surface area (Å²) < 4.78 is 14.2. The Bertz CT molecular complexity index is 970. The first-order chi connectivity index (χ1) is 13.5. The highest BCUT2D eigenvalue weighted by Crippen LogP contribution is 2.35. The van der Waals surface area contributed by atoms with E-state index in [-0.39, 0.29) is 23.7 Å². The normalized spacial score (nSPS) is 25.1. The number of amides is 1. The number of carbonyl (C=O) groups is 1. The van der Waals surface area contributed by atoms with Crippen LogP contribution < -0.4 is 16.4 Å². The van der Waals surface area contributed by atoms with E-state index in [0.717, 1.165) is 30.5 Å². The number of rotatable bonds is 4. The highest BCUT2D eigenvalue weighted by Gasteiger charge is 2.33. The van der Waals surface area contributed by atoms with E-state index in [1.54, 1.807) is 12.1 Å². The number of para-hydroxylation sites is 1. The van der Waals surface area contributed by atoms with Crippen LogP contribution in [0.15, 0.2) is 48.1 Å². The lowest BCUT2D eigenvalue weighted by molar-refractivity contribution is 0.100. The summed E-state index contributed by atoms with van der Waals surface area (Å²) in [6.07, 6.45) is 6.86. The number of nitrogens with two attached hydrogens (primary N) is 1. The fourth-order valence-corrected chi connectivity index (χ4v) is 4.21. The molecule has 146 valence electrons. The third-order valence-corrected chi connectivity index (χ3v) is 5.77. The average molecular weight is 381 g/mol. The highest BCUT2D eigenvalue weighted by molar-refractivity contribution is 6.06. The van der Waals surface area contributed by atoms with Gasteiger partial charge in [-0.15, -0.1) is 0 Å². The summed E-state index contributed by atoms with van der Waals surface area (Å²) in [7, 11) is 0. The van der Waals surface area contributed by atoms with Crippen molar-refractivity contribution in [2.45, 2.75) is 25.8 Å². The number of nitrogens with zero attached hydrogens (tertiary/aromatic N) is 2. The van der Waals surface area contributed by atoms with Crippen LogP contribution >= 0.6 is 0 Å². The van der Waals surface area contributed by atoms with Gasteiger partial charge in [0.25, 0.3) is 5.91 Å². The highest BCUT2D eigenvalue weighted by atomic mass is 19.1. The summed E-state index contributed by atoms with van der Waals surface area (Å²) in [5.74, 6) is 0.554. The smallest absolute Gasteiger partial charge is 0.250 e. The number of hydrogen-bond acceptors (Lipinski definition) is 5. The molecule has 1 aromatic heterocycles. The zero-order valence-electron chi connectivity index (χ0n) is 15.8. The van der Waals surface area contributed by atoms with Gasteiger partial charge in [0.15, 0.2) is 0 Å². The molecule has 2 heterocycles. The molecule has 6 nitrogen and oxygen atoms in total. The largest absolute Gasteiger partial charge is 0.366 e. The third kappa shape index (κ3) is 3.49. The Hall–Kier alpha value is -2.80. The van der Waals surface area contributed by atoms with Crippen molar-refractivity contribution in [1.82, 2.24) is 15.3 Å². The maximum atomic E-state index is 14.2. The Morgan fingerprint density at radius 2 is 2.21 bits per heavy atom. The Morgan fingerprint density at radius 3 is 3.00 bits per heavy atom. The minimum Gasteiger partial charge on any atom is -0.366 e. The second-order valence-corrected chi connectivity index (χ2v) is 7.51. The predicted molar refractivity (Wildman–Crippen MR) is 107 cm³/mol. The molecule has 1 aromatic carbocycles. The van der Waals surface area contributed by atoms with E-state index in [4.69, 9.17) is 5.73 Å². The van der Waals surface area contributed by atoms with E-state index >= 15 is 0 Å². The summed E-state index contributed by atoms with van der Waals surface area (Å²) in [6, 6.07) is 5.41. The summed E-state index contributed by atoms with van der Waals surface area (Å²) in [5.41, 5.74) is 7.11. The summed E-state index contributed by atoms with van der Waals surface area (Å²) in [5, 5.41) is 7.69. The molecule has 0 spiro atoms. The lowest BCUT2D eigenvalue weighted by atomic mass is 9.77. The van der Waals surface area contributed by atoms with Gasteiger partial charge in [0.05, 0.1) is 11.1 Å². The first kappa shape index (κ1) is 18.6. The molecule has 1 fully saturated rings. The van der Waals surface area contributed by atoms with Crippen LogP contribution in [-0.4, -0.2) is 35.0 Å². The van der Waals surface area contributed by atoms with Gasteiger partial charge >= 0.3 is 0 Å². The molecule has 0 bridgehead atoms. The molecule has 0 radical (unpaired) electrons. The lowest BCUT2D eigenvalue weighted by Gasteiger charge is -2.38. The van der Waals surface area contributed by atoms with E-state index in [0.29, 0.717) is 23.3 Å². The number of piperidine rings is 1. The fourth-order valence-electron chi connectivity index (χ4n) is 4.21. The van der Waals surface area contributed by atoms with Gasteiger partial charge in [-0.2, -0.15) is 0 Å². The van der Waals surface area contributed by atoms with Crippen molar-refractivity contribution in [2.75, 3.05) is 18.4 Å². The van der Waals surface area contributed by atoms with Gasteiger partial charge in [0.1, 0.15) is 18.0 Å². The van der Waals surface area contributed by atoms with Crippen molar-refractivity contribution < 1.29 is 9.18 Å². The number of primary amides is 1. The molecule has 1 aliphatic heterocycles. The first-order valence-electron chi connectivity index (χ1n) is 9.59. The number of aromatic nitrogens is 2. The lowest BCUT2D eigenvalue weighted by Crippen LogP contribution is -2.48. The number of anilines is 1. The molecule has 28 heavy (non-hydrogen) atoms. The van der Waals surface area contributed by atoms with E-state index in [1.807, 2.05) is 19.1 Å². The zero-order chi connectivity index (χ0) is 19.7. The van der Waals surface area contributed by atoms with Crippen molar-refractivity contribution in [2.24, 2.45) is 17.6 Å². The molecular formula is C21H24FN5O. The van der Waals surface area contributed by atoms with Crippen molar-refractivity contribution in [3.63, 3.8) is 0 Å². The second-order valence-electron chi connectivity index (χ2n) is 7.51. The fraction of sp³-hybridized carbons (Fsp3) is 0.381. The average Bonchev–Trinajstić information content (AvgIpc) is 2.70. The number of hydrogen-bond donors (Lipinski definition) is 3. The van der Waals surface area contributed by atoms with Crippen molar-refractivity contribution in [1.29, 1.82) is 0 Å². The third-order valence-electron chi connectivity index (χ3n) is 5.77. The Labute approximate surface area is 163 Å². The van der Waals surface area contributed by atoms with Gasteiger partial charge in [0, 0.05) is 24.4 Å². The predicted octanol–water partition coefficient (Wildman–Crippen LogP) is 2.94. The number of fused-ring (bicyclic) bond motifs is 1. The Kier molecular flexibility index (Phi) is 5.09. The van der Waals surface area contributed by atoms with Crippen LogP contribution in [0.4, 0.5) is 10.2 Å². The van der Waals surface area contributed by atoms with Gasteiger partial charge in [-0.1, -0.05) is 18.2 Å². The second kappa shape index (κ2) is 7.67. The van der Waals surface area contributed by atoms with Gasteiger partial charge < -0.3 is 16.4 Å². The topological polar surface area (TPSA) is 92.9 Å². The molecule has 0 saturated carbocycles. The minimum atomic E-state index is -0.516. The summed E-state index contributed by atoms with van der Waals surface area (Å²) >= 11 is 0. The van der Waals surface area contributed by atoms with Crippen LogP contribution in [0.1, 0.15) is 30.1 Å². The minimum absolute atomic E-state index is 0.0247. The molecular weight excluding hydrogens is 357 g/mol. The van der Waals surface area contributed by atoms with Crippen LogP contribution in [0.25, 0.3) is 10.9 Å². The molecule has 1 amide bonds. The quantitative estimate of drug-likeness (QED) is 0.757. The SMILES string of the molecule is CC1=C(F)CC([C@@H]2CCNC[C@H]2Nc2ncnc3c(C(N)=O)cccc23)C=C1. The van der Waals surface area contributed by atoms with E-state index in [9.17, 15) is 9.18 Å². The molecule has 4 rings (SSSR count). The molecule has 7 heteroatoms. The molecule has 1 saturated heterocycles. The van der Waals surface area contributed by atoms with Crippen LogP contribution in [0, 0.1) is 11.8 Å². The maximum Gasteiger partial charge on any atom is 0.250 e.